The molecule has 0 aliphatic rings. The van der Waals surface area contributed by atoms with Crippen LogP contribution in [0.2, 0.25) is 0 Å². The van der Waals surface area contributed by atoms with Crippen molar-refractivity contribution in [2.24, 2.45) is 5.10 Å². The van der Waals surface area contributed by atoms with Gasteiger partial charge in [-0.1, -0.05) is 30.3 Å². The van der Waals surface area contributed by atoms with Gasteiger partial charge < -0.3 is 14.9 Å². The highest BCUT2D eigenvalue weighted by atomic mass is 79.9. The Morgan fingerprint density at radius 1 is 1.10 bits per heavy atom. The Bertz CT molecular complexity index is 615. The van der Waals surface area contributed by atoms with Crippen LogP contribution in [0, 0.1) is 0 Å². The number of ether oxygens (including phenoxy) is 2. The molecular formula is C16H17BrN2O2. The van der Waals surface area contributed by atoms with Crippen molar-refractivity contribution in [2.75, 3.05) is 14.2 Å². The van der Waals surface area contributed by atoms with Gasteiger partial charge >= 0.3 is 0 Å². The van der Waals surface area contributed by atoms with Gasteiger partial charge in [-0.3, -0.25) is 0 Å². The van der Waals surface area contributed by atoms with Crippen molar-refractivity contribution in [3.8, 4) is 11.5 Å². The monoisotopic (exact) mass is 348 g/mol. The Hall–Kier alpha value is -2.01. The summed E-state index contributed by atoms with van der Waals surface area (Å²) in [7, 11) is 3.22. The Labute approximate surface area is 132 Å². The average Bonchev–Trinajstić information content (AvgIpc) is 2.53. The van der Waals surface area contributed by atoms with Crippen molar-refractivity contribution >= 4 is 22.1 Å². The summed E-state index contributed by atoms with van der Waals surface area (Å²) < 4.78 is 11.4. The summed E-state index contributed by atoms with van der Waals surface area (Å²) in [6.45, 7) is 0.683. The minimum atomic E-state index is 0.657. The SMILES string of the molecule is COc1ccc(C=NNCc2ccccc2)c(Br)c1OC. The van der Waals surface area contributed by atoms with Crippen LogP contribution < -0.4 is 14.9 Å². The van der Waals surface area contributed by atoms with Crippen LogP contribution in [0.25, 0.3) is 0 Å². The molecule has 2 aromatic carbocycles. The smallest absolute Gasteiger partial charge is 0.175 e. The van der Waals surface area contributed by atoms with Gasteiger partial charge in [0.05, 0.1) is 31.5 Å². The van der Waals surface area contributed by atoms with E-state index in [0.29, 0.717) is 18.0 Å². The van der Waals surface area contributed by atoms with Crippen LogP contribution in [0.4, 0.5) is 0 Å². The van der Waals surface area contributed by atoms with Crippen LogP contribution in [0.15, 0.2) is 52.0 Å². The zero-order valence-corrected chi connectivity index (χ0v) is 13.6. The lowest BCUT2D eigenvalue weighted by molar-refractivity contribution is 0.353. The molecule has 5 heteroatoms. The Balaban J connectivity index is 2.04. The third-order valence-electron chi connectivity index (χ3n) is 2.94. The van der Waals surface area contributed by atoms with Crippen LogP contribution in [0.3, 0.4) is 0 Å². The third kappa shape index (κ3) is 3.98. The fraction of sp³-hybridized carbons (Fsp3) is 0.188. The number of hydrazone groups is 1. The predicted octanol–water partition coefficient (Wildman–Crippen LogP) is 3.59. The van der Waals surface area contributed by atoms with Crippen molar-refractivity contribution in [1.29, 1.82) is 0 Å². The van der Waals surface area contributed by atoms with E-state index >= 15 is 0 Å². The molecule has 0 atom stereocenters. The summed E-state index contributed by atoms with van der Waals surface area (Å²) in [4.78, 5) is 0. The lowest BCUT2D eigenvalue weighted by Crippen LogP contribution is -2.05. The molecule has 0 bridgehead atoms. The van der Waals surface area contributed by atoms with Crippen LogP contribution in [-0.4, -0.2) is 20.4 Å². The molecule has 0 radical (unpaired) electrons. The van der Waals surface area contributed by atoms with Gasteiger partial charge in [0.15, 0.2) is 11.5 Å². The number of halogens is 1. The zero-order valence-electron chi connectivity index (χ0n) is 12.0. The van der Waals surface area contributed by atoms with Crippen molar-refractivity contribution in [1.82, 2.24) is 5.43 Å². The first kappa shape index (κ1) is 15.4. The highest BCUT2D eigenvalue weighted by molar-refractivity contribution is 9.10. The highest BCUT2D eigenvalue weighted by Gasteiger charge is 2.11. The predicted molar refractivity (Wildman–Crippen MR) is 88.1 cm³/mol. The van der Waals surface area contributed by atoms with Gasteiger partial charge in [0.2, 0.25) is 0 Å². The fourth-order valence-corrected chi connectivity index (χ4v) is 2.44. The first-order valence-electron chi connectivity index (χ1n) is 6.46. The molecule has 0 saturated heterocycles. The van der Waals surface area contributed by atoms with E-state index in [0.717, 1.165) is 10.0 Å². The maximum atomic E-state index is 5.33. The van der Waals surface area contributed by atoms with Crippen LogP contribution in [-0.2, 0) is 6.54 Å². The van der Waals surface area contributed by atoms with Crippen LogP contribution in [0.5, 0.6) is 11.5 Å². The standard InChI is InChI=1S/C16H17BrN2O2/c1-20-14-9-8-13(15(17)16(14)21-2)11-19-18-10-12-6-4-3-5-7-12/h3-9,11,18H,10H2,1-2H3. The Morgan fingerprint density at radius 2 is 1.86 bits per heavy atom. The molecule has 0 aliphatic heterocycles. The number of nitrogens with zero attached hydrogens (tertiary/aromatic N) is 1. The molecule has 21 heavy (non-hydrogen) atoms. The van der Waals surface area contributed by atoms with E-state index in [1.165, 1.54) is 5.56 Å². The van der Waals surface area contributed by atoms with E-state index in [1.807, 2.05) is 30.3 Å². The summed E-state index contributed by atoms with van der Waals surface area (Å²) in [5.41, 5.74) is 5.11. The van der Waals surface area contributed by atoms with Crippen molar-refractivity contribution < 1.29 is 9.47 Å². The first-order valence-corrected chi connectivity index (χ1v) is 7.26. The zero-order chi connectivity index (χ0) is 15.1. The molecule has 0 fully saturated rings. The largest absolute Gasteiger partial charge is 0.493 e. The molecule has 0 unspecified atom stereocenters. The van der Waals surface area contributed by atoms with Crippen molar-refractivity contribution in [3.05, 3.63) is 58.1 Å². The molecule has 0 aromatic heterocycles. The molecule has 0 heterocycles. The van der Waals surface area contributed by atoms with Gasteiger partial charge in [-0.05, 0) is 33.6 Å². The minimum absolute atomic E-state index is 0.657. The second-order valence-corrected chi connectivity index (χ2v) is 5.08. The van der Waals surface area contributed by atoms with Gasteiger partial charge in [-0.2, -0.15) is 5.10 Å². The molecule has 1 N–H and O–H groups in total. The summed E-state index contributed by atoms with van der Waals surface area (Å²) in [5.74, 6) is 1.34. The number of hydrogen-bond donors (Lipinski definition) is 1. The number of methoxy groups -OCH3 is 2. The highest BCUT2D eigenvalue weighted by Crippen LogP contribution is 2.36. The van der Waals surface area contributed by atoms with E-state index in [-0.39, 0.29) is 0 Å². The molecule has 0 amide bonds. The van der Waals surface area contributed by atoms with E-state index in [2.05, 4.69) is 38.6 Å². The number of benzene rings is 2. The number of rotatable bonds is 6. The van der Waals surface area contributed by atoms with E-state index in [9.17, 15) is 0 Å². The maximum absolute atomic E-state index is 5.33. The summed E-state index contributed by atoms with van der Waals surface area (Å²) >= 11 is 3.51. The van der Waals surface area contributed by atoms with Crippen LogP contribution >= 0.6 is 15.9 Å². The van der Waals surface area contributed by atoms with Gasteiger partial charge in [0.1, 0.15) is 0 Å². The van der Waals surface area contributed by atoms with Gasteiger partial charge in [0, 0.05) is 5.56 Å². The Morgan fingerprint density at radius 3 is 2.52 bits per heavy atom. The quantitative estimate of drug-likeness (QED) is 0.640. The number of hydrogen-bond acceptors (Lipinski definition) is 4. The second kappa shape index (κ2) is 7.69. The fourth-order valence-electron chi connectivity index (χ4n) is 1.85. The third-order valence-corrected chi connectivity index (χ3v) is 3.75. The molecule has 4 nitrogen and oxygen atoms in total. The second-order valence-electron chi connectivity index (χ2n) is 4.28. The normalized spacial score (nSPS) is 10.6. The van der Waals surface area contributed by atoms with E-state index in [4.69, 9.17) is 9.47 Å². The van der Waals surface area contributed by atoms with E-state index in [1.54, 1.807) is 20.4 Å². The Kier molecular flexibility index (Phi) is 5.63. The van der Waals surface area contributed by atoms with Crippen molar-refractivity contribution in [2.45, 2.75) is 6.54 Å². The molecule has 0 aliphatic carbocycles. The molecule has 0 saturated carbocycles. The molecule has 2 aromatic rings. The molecular weight excluding hydrogens is 332 g/mol. The topological polar surface area (TPSA) is 42.8 Å². The lowest BCUT2D eigenvalue weighted by Gasteiger charge is -2.10. The summed E-state index contributed by atoms with van der Waals surface area (Å²) in [6.07, 6.45) is 1.75. The first-order chi connectivity index (χ1) is 10.3. The van der Waals surface area contributed by atoms with Crippen LogP contribution in [0.1, 0.15) is 11.1 Å². The molecule has 0 spiro atoms. The maximum Gasteiger partial charge on any atom is 0.175 e. The van der Waals surface area contributed by atoms with Gasteiger partial charge in [-0.15, -0.1) is 0 Å². The van der Waals surface area contributed by atoms with E-state index < -0.39 is 0 Å². The molecule has 110 valence electrons. The van der Waals surface area contributed by atoms with Gasteiger partial charge in [0.25, 0.3) is 0 Å². The van der Waals surface area contributed by atoms with Gasteiger partial charge in [-0.25, -0.2) is 0 Å². The molecule has 2 rings (SSSR count). The average molecular weight is 349 g/mol. The number of nitrogens with one attached hydrogen (secondary N) is 1. The minimum Gasteiger partial charge on any atom is -0.493 e. The lowest BCUT2D eigenvalue weighted by atomic mass is 10.2. The summed E-state index contributed by atoms with van der Waals surface area (Å²) in [6, 6.07) is 13.9. The van der Waals surface area contributed by atoms with Crippen molar-refractivity contribution in [3.63, 3.8) is 0 Å². The summed E-state index contributed by atoms with van der Waals surface area (Å²) in [5, 5.41) is 4.23.